The predicted molar refractivity (Wildman–Crippen MR) is 134 cm³/mol. The van der Waals surface area contributed by atoms with Crippen LogP contribution >= 0.6 is 35.0 Å². The monoisotopic (exact) mass is 502 g/mol. The second-order valence-corrected chi connectivity index (χ2v) is 9.00. The number of amides is 1. The third-order valence-corrected chi connectivity index (χ3v) is 6.43. The number of hydrogen-bond donors (Lipinski definition) is 1. The van der Waals surface area contributed by atoms with E-state index < -0.39 is 5.91 Å². The predicted octanol–water partition coefficient (Wildman–Crippen LogP) is 5.79. The first-order chi connectivity index (χ1) is 15.9. The Kier molecular flexibility index (Phi) is 7.07. The maximum atomic E-state index is 12.5. The number of hydrogen-bond acceptors (Lipinski definition) is 6. The number of hydrazone groups is 1. The van der Waals surface area contributed by atoms with Gasteiger partial charge in [-0.25, -0.2) is 0 Å². The summed E-state index contributed by atoms with van der Waals surface area (Å²) in [6.07, 6.45) is 2.22. The lowest BCUT2D eigenvalue weighted by atomic mass is 10.1. The number of ether oxygens (including phenoxy) is 2. The van der Waals surface area contributed by atoms with Crippen molar-refractivity contribution in [3.8, 4) is 11.5 Å². The SMILES string of the molecule is CCC1=NN2C(=N)/C(=C/c3cc(Cl)c(OCCOc4ccccc4C)c(Cl)c3)C(=O)N=C2S1. The van der Waals surface area contributed by atoms with Crippen LogP contribution in [0.5, 0.6) is 11.5 Å². The molecule has 33 heavy (non-hydrogen) atoms. The standard InChI is InChI=1S/C23H20Cl2N4O3S/c1-3-19-28-29-21(26)15(22(30)27-23(29)33-19)10-14-11-16(24)20(17(25)12-14)32-9-8-31-18-7-5-4-6-13(18)2/h4-7,10-12,26H,3,8-9H2,1-2H3/b15-10-,26-21?. The van der Waals surface area contributed by atoms with E-state index in [0.29, 0.717) is 29.5 Å². The van der Waals surface area contributed by atoms with E-state index in [1.54, 1.807) is 12.1 Å². The van der Waals surface area contributed by atoms with E-state index in [0.717, 1.165) is 16.4 Å². The summed E-state index contributed by atoms with van der Waals surface area (Å²) in [5.41, 5.74) is 1.69. The van der Waals surface area contributed by atoms with E-state index in [1.807, 2.05) is 38.1 Å². The fourth-order valence-electron chi connectivity index (χ4n) is 3.16. The molecule has 7 nitrogen and oxygen atoms in total. The first-order valence-corrected chi connectivity index (χ1v) is 11.7. The molecule has 0 saturated carbocycles. The van der Waals surface area contributed by atoms with Crippen molar-refractivity contribution in [3.63, 3.8) is 0 Å². The van der Waals surface area contributed by atoms with E-state index in [-0.39, 0.29) is 28.1 Å². The molecule has 0 atom stereocenters. The Balaban J connectivity index is 1.46. The van der Waals surface area contributed by atoms with Crippen molar-refractivity contribution in [2.75, 3.05) is 13.2 Å². The third-order valence-electron chi connectivity index (χ3n) is 4.81. The van der Waals surface area contributed by atoms with Crippen LogP contribution in [0.4, 0.5) is 0 Å². The van der Waals surface area contributed by atoms with Gasteiger partial charge in [-0.1, -0.05) is 48.3 Å². The summed E-state index contributed by atoms with van der Waals surface area (Å²) < 4.78 is 11.5. The Labute approximate surface area is 205 Å². The number of nitrogens with zero attached hydrogens (tertiary/aromatic N) is 3. The average molecular weight is 503 g/mol. The maximum Gasteiger partial charge on any atom is 0.283 e. The molecular formula is C23H20Cl2N4O3S. The molecule has 0 aliphatic carbocycles. The average Bonchev–Trinajstić information content (AvgIpc) is 3.20. The van der Waals surface area contributed by atoms with Gasteiger partial charge in [-0.05, 0) is 60.5 Å². The molecule has 0 saturated heterocycles. The van der Waals surface area contributed by atoms with Gasteiger partial charge in [0, 0.05) is 0 Å². The van der Waals surface area contributed by atoms with Gasteiger partial charge in [0.1, 0.15) is 24.0 Å². The summed E-state index contributed by atoms with van der Waals surface area (Å²) in [5, 5.41) is 15.9. The van der Waals surface area contributed by atoms with Gasteiger partial charge < -0.3 is 9.47 Å². The molecule has 170 valence electrons. The number of benzene rings is 2. The number of carbonyl (C=O) groups is 1. The number of aliphatic imine (C=N–C) groups is 1. The quantitative estimate of drug-likeness (QED) is 0.382. The van der Waals surface area contributed by atoms with Gasteiger partial charge in [-0.3, -0.25) is 10.2 Å². The highest BCUT2D eigenvalue weighted by Crippen LogP contribution is 2.36. The van der Waals surface area contributed by atoms with Crippen molar-refractivity contribution in [1.29, 1.82) is 5.41 Å². The summed E-state index contributed by atoms with van der Waals surface area (Å²) in [6, 6.07) is 11.0. The van der Waals surface area contributed by atoms with Crippen LogP contribution in [0.1, 0.15) is 24.5 Å². The summed E-state index contributed by atoms with van der Waals surface area (Å²) in [6.45, 7) is 4.50. The highest BCUT2D eigenvalue weighted by atomic mass is 35.5. The molecule has 0 bridgehead atoms. The number of nitrogens with one attached hydrogen (secondary N) is 1. The number of thioether (sulfide) groups is 1. The fraction of sp³-hybridized carbons (Fsp3) is 0.217. The minimum absolute atomic E-state index is 0.0399. The molecule has 0 spiro atoms. The first kappa shape index (κ1) is 23.4. The summed E-state index contributed by atoms with van der Waals surface area (Å²) >= 11 is 14.1. The van der Waals surface area contributed by atoms with Crippen molar-refractivity contribution >= 4 is 63.0 Å². The molecule has 0 aromatic heterocycles. The molecule has 2 aliphatic heterocycles. The van der Waals surface area contributed by atoms with E-state index >= 15 is 0 Å². The van der Waals surface area contributed by atoms with Crippen LogP contribution in [0.25, 0.3) is 6.08 Å². The summed E-state index contributed by atoms with van der Waals surface area (Å²) in [4.78, 5) is 16.6. The molecule has 1 amide bonds. The highest BCUT2D eigenvalue weighted by molar-refractivity contribution is 8.26. The van der Waals surface area contributed by atoms with Crippen molar-refractivity contribution in [3.05, 3.63) is 63.1 Å². The van der Waals surface area contributed by atoms with Gasteiger partial charge in [0.2, 0.25) is 5.17 Å². The molecule has 1 N–H and O–H groups in total. The molecule has 10 heteroatoms. The lowest BCUT2D eigenvalue weighted by molar-refractivity contribution is -0.114. The van der Waals surface area contributed by atoms with Crippen molar-refractivity contribution in [2.24, 2.45) is 10.1 Å². The van der Waals surface area contributed by atoms with Crippen LogP contribution in [-0.4, -0.2) is 40.2 Å². The van der Waals surface area contributed by atoms with Gasteiger partial charge in [0.05, 0.1) is 15.6 Å². The second kappa shape index (κ2) is 9.99. The fourth-order valence-corrected chi connectivity index (χ4v) is 4.59. The molecule has 4 rings (SSSR count). The zero-order valence-electron chi connectivity index (χ0n) is 17.9. The van der Waals surface area contributed by atoms with Gasteiger partial charge >= 0.3 is 0 Å². The summed E-state index contributed by atoms with van der Waals surface area (Å²) in [5.74, 6) is 0.568. The second-order valence-electron chi connectivity index (χ2n) is 7.14. The van der Waals surface area contributed by atoms with Crippen molar-refractivity contribution in [2.45, 2.75) is 20.3 Å². The van der Waals surface area contributed by atoms with Crippen molar-refractivity contribution in [1.82, 2.24) is 5.01 Å². The van der Waals surface area contributed by atoms with Crippen LogP contribution in [0, 0.1) is 12.3 Å². The normalized spacial score (nSPS) is 16.6. The lowest BCUT2D eigenvalue weighted by Gasteiger charge is -2.20. The Morgan fingerprint density at radius 3 is 2.55 bits per heavy atom. The zero-order valence-corrected chi connectivity index (χ0v) is 20.2. The van der Waals surface area contributed by atoms with E-state index in [2.05, 4.69) is 10.1 Å². The van der Waals surface area contributed by atoms with Crippen LogP contribution in [0.3, 0.4) is 0 Å². The van der Waals surface area contributed by atoms with Crippen LogP contribution in [0.15, 0.2) is 52.1 Å². The Bertz CT molecular complexity index is 1200. The molecule has 2 heterocycles. The van der Waals surface area contributed by atoms with Gasteiger partial charge in [-0.15, -0.1) is 0 Å². The first-order valence-electron chi connectivity index (χ1n) is 10.2. The third kappa shape index (κ3) is 5.08. The van der Waals surface area contributed by atoms with E-state index in [1.165, 1.54) is 22.8 Å². The molecule has 2 aromatic carbocycles. The molecule has 0 unspecified atom stereocenters. The van der Waals surface area contributed by atoms with E-state index in [9.17, 15) is 4.79 Å². The maximum absolute atomic E-state index is 12.5. The van der Waals surface area contributed by atoms with E-state index in [4.69, 9.17) is 38.1 Å². The number of fused-ring (bicyclic) bond motifs is 1. The number of amidine groups is 2. The van der Waals surface area contributed by atoms with Crippen LogP contribution < -0.4 is 9.47 Å². The van der Waals surface area contributed by atoms with Crippen LogP contribution in [-0.2, 0) is 4.79 Å². The number of carbonyl (C=O) groups excluding carboxylic acids is 1. The van der Waals surface area contributed by atoms with Gasteiger partial charge in [0.15, 0.2) is 11.6 Å². The van der Waals surface area contributed by atoms with Gasteiger partial charge in [-0.2, -0.15) is 15.1 Å². The van der Waals surface area contributed by atoms with Gasteiger partial charge in [0.25, 0.3) is 5.91 Å². The lowest BCUT2D eigenvalue weighted by Crippen LogP contribution is -2.35. The topological polar surface area (TPSA) is 87.3 Å². The number of aryl methyl sites for hydroxylation is 1. The van der Waals surface area contributed by atoms with Crippen LogP contribution in [0.2, 0.25) is 10.0 Å². The highest BCUT2D eigenvalue weighted by Gasteiger charge is 2.35. The molecule has 2 aromatic rings. The molecule has 0 radical (unpaired) electrons. The number of rotatable bonds is 7. The van der Waals surface area contributed by atoms with Crippen molar-refractivity contribution < 1.29 is 14.3 Å². The smallest absolute Gasteiger partial charge is 0.283 e. The molecule has 2 aliphatic rings. The Morgan fingerprint density at radius 1 is 1.15 bits per heavy atom. The molecule has 0 fully saturated rings. The largest absolute Gasteiger partial charge is 0.490 e. The molecular weight excluding hydrogens is 483 g/mol. The number of halogens is 2. The Hall–Kier alpha value is -2.81. The number of para-hydroxylation sites is 1. The summed E-state index contributed by atoms with van der Waals surface area (Å²) in [7, 11) is 0. The zero-order chi connectivity index (χ0) is 23.5. The Morgan fingerprint density at radius 2 is 1.85 bits per heavy atom. The minimum Gasteiger partial charge on any atom is -0.490 e. The minimum atomic E-state index is -0.507.